The van der Waals surface area contributed by atoms with Gasteiger partial charge in [-0.05, 0) is 61.5 Å². The molecule has 3 rings (SSSR count). The van der Waals surface area contributed by atoms with E-state index >= 15 is 0 Å². The van der Waals surface area contributed by atoms with E-state index in [1.54, 1.807) is 37.3 Å². The first-order chi connectivity index (χ1) is 13.5. The van der Waals surface area contributed by atoms with Gasteiger partial charge in [0.2, 0.25) is 0 Å². The van der Waals surface area contributed by atoms with Gasteiger partial charge in [0.05, 0.1) is 0 Å². The van der Waals surface area contributed by atoms with Crippen LogP contribution in [0.5, 0.6) is 0 Å². The molecule has 0 saturated heterocycles. The van der Waals surface area contributed by atoms with Gasteiger partial charge in [-0.2, -0.15) is 0 Å². The van der Waals surface area contributed by atoms with Crippen LogP contribution < -0.4 is 10.2 Å². The highest BCUT2D eigenvalue weighted by molar-refractivity contribution is 6.07. The van der Waals surface area contributed by atoms with E-state index in [2.05, 4.69) is 5.32 Å². The van der Waals surface area contributed by atoms with Gasteiger partial charge in [0, 0.05) is 29.0 Å². The number of benzene rings is 3. The Morgan fingerprint density at radius 3 is 2.11 bits per heavy atom. The molecule has 4 nitrogen and oxygen atoms in total. The van der Waals surface area contributed by atoms with Gasteiger partial charge in [-0.15, -0.1) is 0 Å². The standard InChI is InChI=1S/C22H18F2N2O2/c1-2-26(22(28)16-7-4-9-18(24)13-16)20-11-5-10-19(14-20)25-21(27)15-6-3-8-17(23)12-15/h3-14H,2H2,1H3,(H,25,27). The molecule has 0 bridgehead atoms. The lowest BCUT2D eigenvalue weighted by molar-refractivity contribution is 0.0986. The Morgan fingerprint density at radius 1 is 0.857 bits per heavy atom. The molecule has 0 saturated carbocycles. The second-order valence-electron chi connectivity index (χ2n) is 6.07. The Hall–Kier alpha value is -3.54. The minimum absolute atomic E-state index is 0.189. The van der Waals surface area contributed by atoms with Crippen LogP contribution in [0.25, 0.3) is 0 Å². The average molecular weight is 380 g/mol. The van der Waals surface area contributed by atoms with Crippen LogP contribution in [0.4, 0.5) is 20.2 Å². The van der Waals surface area contributed by atoms with Crippen LogP contribution in [0, 0.1) is 11.6 Å². The molecule has 0 aliphatic heterocycles. The molecular formula is C22H18F2N2O2. The lowest BCUT2D eigenvalue weighted by Crippen LogP contribution is -2.30. The second-order valence-corrected chi connectivity index (χ2v) is 6.07. The number of hydrogen-bond donors (Lipinski definition) is 1. The molecule has 0 aromatic heterocycles. The fraction of sp³-hybridized carbons (Fsp3) is 0.0909. The van der Waals surface area contributed by atoms with Crippen LogP contribution in [0.3, 0.4) is 0 Å². The van der Waals surface area contributed by atoms with Crippen molar-refractivity contribution in [3.05, 3.63) is 95.6 Å². The van der Waals surface area contributed by atoms with Gasteiger partial charge in [-0.25, -0.2) is 8.78 Å². The van der Waals surface area contributed by atoms with Crippen LogP contribution in [0.15, 0.2) is 72.8 Å². The summed E-state index contributed by atoms with van der Waals surface area (Å²) in [6, 6.07) is 17.6. The maximum atomic E-state index is 13.4. The second kappa shape index (κ2) is 8.43. The highest BCUT2D eigenvalue weighted by atomic mass is 19.1. The zero-order valence-electron chi connectivity index (χ0n) is 15.2. The van der Waals surface area contributed by atoms with Crippen LogP contribution in [-0.2, 0) is 0 Å². The van der Waals surface area contributed by atoms with Crippen LogP contribution >= 0.6 is 0 Å². The van der Waals surface area contributed by atoms with Crippen molar-refractivity contribution >= 4 is 23.2 Å². The molecular weight excluding hydrogens is 362 g/mol. The molecule has 3 aromatic rings. The average Bonchev–Trinajstić information content (AvgIpc) is 2.69. The number of hydrogen-bond acceptors (Lipinski definition) is 2. The first kappa shape index (κ1) is 19.2. The summed E-state index contributed by atoms with van der Waals surface area (Å²) in [4.78, 5) is 26.5. The Bertz CT molecular complexity index is 1020. The molecule has 2 amide bonds. The molecule has 142 valence electrons. The Morgan fingerprint density at radius 2 is 1.46 bits per heavy atom. The summed E-state index contributed by atoms with van der Waals surface area (Å²) in [5.41, 5.74) is 1.43. The summed E-state index contributed by atoms with van der Waals surface area (Å²) in [6.45, 7) is 2.16. The van der Waals surface area contributed by atoms with E-state index in [9.17, 15) is 18.4 Å². The minimum atomic E-state index is -0.501. The van der Waals surface area contributed by atoms with Gasteiger partial charge >= 0.3 is 0 Å². The summed E-state index contributed by atoms with van der Waals surface area (Å²) in [5.74, 6) is -1.80. The van der Waals surface area contributed by atoms with Crippen molar-refractivity contribution in [2.45, 2.75) is 6.92 Å². The normalized spacial score (nSPS) is 10.4. The van der Waals surface area contributed by atoms with Crippen molar-refractivity contribution in [1.29, 1.82) is 0 Å². The van der Waals surface area contributed by atoms with Crippen molar-refractivity contribution in [2.75, 3.05) is 16.8 Å². The molecule has 28 heavy (non-hydrogen) atoms. The van der Waals surface area contributed by atoms with E-state index in [0.29, 0.717) is 17.9 Å². The summed E-state index contributed by atoms with van der Waals surface area (Å²) < 4.78 is 26.8. The Labute approximate surface area is 161 Å². The highest BCUT2D eigenvalue weighted by Crippen LogP contribution is 2.22. The van der Waals surface area contributed by atoms with Crippen molar-refractivity contribution in [2.24, 2.45) is 0 Å². The third-order valence-corrected chi connectivity index (χ3v) is 4.14. The first-order valence-corrected chi connectivity index (χ1v) is 8.72. The number of anilines is 2. The van der Waals surface area contributed by atoms with E-state index < -0.39 is 17.5 Å². The van der Waals surface area contributed by atoms with Gasteiger partial charge in [0.25, 0.3) is 11.8 Å². The van der Waals surface area contributed by atoms with Gasteiger partial charge in [0.1, 0.15) is 11.6 Å². The SMILES string of the molecule is CCN(C(=O)c1cccc(F)c1)c1cccc(NC(=O)c2cccc(F)c2)c1. The number of nitrogens with one attached hydrogen (secondary N) is 1. The van der Waals surface area contributed by atoms with Gasteiger partial charge in [0.15, 0.2) is 0 Å². The van der Waals surface area contributed by atoms with Crippen molar-refractivity contribution in [3.63, 3.8) is 0 Å². The van der Waals surface area contributed by atoms with Crippen LogP contribution in [0.1, 0.15) is 27.6 Å². The Kier molecular flexibility index (Phi) is 5.79. The topological polar surface area (TPSA) is 49.4 Å². The van der Waals surface area contributed by atoms with E-state index in [1.807, 2.05) is 0 Å². The largest absolute Gasteiger partial charge is 0.322 e. The number of rotatable bonds is 5. The van der Waals surface area contributed by atoms with E-state index in [-0.39, 0.29) is 17.0 Å². The molecule has 0 aliphatic rings. The van der Waals surface area contributed by atoms with Gasteiger partial charge in [-0.1, -0.05) is 18.2 Å². The molecule has 0 unspecified atom stereocenters. The number of nitrogens with zero attached hydrogens (tertiary/aromatic N) is 1. The maximum Gasteiger partial charge on any atom is 0.258 e. The monoisotopic (exact) mass is 380 g/mol. The van der Waals surface area contributed by atoms with E-state index in [1.165, 1.54) is 41.3 Å². The molecule has 0 aliphatic carbocycles. The molecule has 0 atom stereocenters. The van der Waals surface area contributed by atoms with Gasteiger partial charge in [-0.3, -0.25) is 9.59 Å². The molecule has 6 heteroatoms. The minimum Gasteiger partial charge on any atom is -0.322 e. The zero-order valence-corrected chi connectivity index (χ0v) is 15.2. The molecule has 1 N–H and O–H groups in total. The third-order valence-electron chi connectivity index (χ3n) is 4.14. The number of halogens is 2. The molecule has 3 aromatic carbocycles. The van der Waals surface area contributed by atoms with Crippen molar-refractivity contribution < 1.29 is 18.4 Å². The van der Waals surface area contributed by atoms with Crippen molar-refractivity contribution in [1.82, 2.24) is 0 Å². The predicted octanol–water partition coefficient (Wildman–Crippen LogP) is 4.88. The van der Waals surface area contributed by atoms with Crippen LogP contribution in [0.2, 0.25) is 0 Å². The quantitative estimate of drug-likeness (QED) is 0.686. The molecule has 0 spiro atoms. The molecule has 0 heterocycles. The third kappa shape index (κ3) is 4.40. The predicted molar refractivity (Wildman–Crippen MR) is 105 cm³/mol. The zero-order chi connectivity index (χ0) is 20.1. The maximum absolute atomic E-state index is 13.4. The first-order valence-electron chi connectivity index (χ1n) is 8.72. The fourth-order valence-electron chi connectivity index (χ4n) is 2.81. The summed E-state index contributed by atoms with van der Waals surface area (Å²) >= 11 is 0. The summed E-state index contributed by atoms with van der Waals surface area (Å²) in [6.07, 6.45) is 0. The highest BCUT2D eigenvalue weighted by Gasteiger charge is 2.17. The Balaban J connectivity index is 1.83. The number of carbonyl (C=O) groups excluding carboxylic acids is 2. The van der Waals surface area contributed by atoms with Gasteiger partial charge < -0.3 is 10.2 Å². The lowest BCUT2D eigenvalue weighted by atomic mass is 10.1. The molecule has 0 fully saturated rings. The fourth-order valence-corrected chi connectivity index (χ4v) is 2.81. The number of carbonyl (C=O) groups is 2. The smallest absolute Gasteiger partial charge is 0.258 e. The molecule has 0 radical (unpaired) electrons. The van der Waals surface area contributed by atoms with E-state index in [0.717, 1.165) is 6.07 Å². The summed E-state index contributed by atoms with van der Waals surface area (Å²) in [5, 5.41) is 2.69. The van der Waals surface area contributed by atoms with E-state index in [4.69, 9.17) is 0 Å². The van der Waals surface area contributed by atoms with Crippen LogP contribution in [-0.4, -0.2) is 18.4 Å². The summed E-state index contributed by atoms with van der Waals surface area (Å²) in [7, 11) is 0. The lowest BCUT2D eigenvalue weighted by Gasteiger charge is -2.22. The van der Waals surface area contributed by atoms with Crippen molar-refractivity contribution in [3.8, 4) is 0 Å². The number of amides is 2.